The summed E-state index contributed by atoms with van der Waals surface area (Å²) in [6.07, 6.45) is 1.63. The molecule has 0 atom stereocenters. The Morgan fingerprint density at radius 1 is 1.32 bits per heavy atom. The predicted octanol–water partition coefficient (Wildman–Crippen LogP) is 2.00. The first kappa shape index (κ1) is 18.5. The van der Waals surface area contributed by atoms with Crippen molar-refractivity contribution in [2.45, 2.75) is 33.9 Å². The van der Waals surface area contributed by atoms with Gasteiger partial charge >= 0.3 is 5.97 Å². The highest BCUT2D eigenvalue weighted by Gasteiger charge is 2.18. The van der Waals surface area contributed by atoms with E-state index in [-0.39, 0.29) is 18.4 Å². The Balaban J connectivity index is 2.04. The van der Waals surface area contributed by atoms with Crippen LogP contribution in [0.15, 0.2) is 24.4 Å². The number of pyridine rings is 1. The van der Waals surface area contributed by atoms with Crippen LogP contribution in [0.3, 0.4) is 0 Å². The van der Waals surface area contributed by atoms with Gasteiger partial charge in [0.05, 0.1) is 19.3 Å². The van der Waals surface area contributed by atoms with Gasteiger partial charge in [0, 0.05) is 29.7 Å². The summed E-state index contributed by atoms with van der Waals surface area (Å²) in [5, 5.41) is 2.84. The minimum absolute atomic E-state index is 0.125. The van der Waals surface area contributed by atoms with Crippen molar-refractivity contribution in [2.24, 2.45) is 0 Å². The van der Waals surface area contributed by atoms with E-state index in [1.165, 1.54) is 7.11 Å². The van der Waals surface area contributed by atoms with Gasteiger partial charge in [0.1, 0.15) is 6.54 Å². The van der Waals surface area contributed by atoms with Crippen LogP contribution in [0, 0.1) is 13.8 Å². The van der Waals surface area contributed by atoms with Gasteiger partial charge in [-0.05, 0) is 32.9 Å². The third-order valence-corrected chi connectivity index (χ3v) is 3.89. The second-order valence-electron chi connectivity index (χ2n) is 5.54. The maximum atomic E-state index is 12.3. The largest absolute Gasteiger partial charge is 0.481 e. The maximum absolute atomic E-state index is 12.3. The van der Waals surface area contributed by atoms with E-state index < -0.39 is 0 Å². The van der Waals surface area contributed by atoms with E-state index in [0.29, 0.717) is 30.3 Å². The van der Waals surface area contributed by atoms with E-state index in [0.717, 1.165) is 11.3 Å². The van der Waals surface area contributed by atoms with Gasteiger partial charge in [-0.1, -0.05) is 6.07 Å². The molecule has 1 N–H and O–H groups in total. The molecule has 0 saturated carbocycles. The summed E-state index contributed by atoms with van der Waals surface area (Å²) in [6.45, 7) is 6.18. The molecule has 2 aromatic rings. The normalized spacial score (nSPS) is 10.4. The molecule has 0 aliphatic rings. The molecule has 7 nitrogen and oxygen atoms in total. The molecule has 2 rings (SSSR count). The number of esters is 1. The van der Waals surface area contributed by atoms with Crippen LogP contribution in [-0.2, 0) is 22.6 Å². The highest BCUT2D eigenvalue weighted by atomic mass is 16.5. The monoisotopic (exact) mass is 345 g/mol. The first-order valence-electron chi connectivity index (χ1n) is 8.06. The highest BCUT2D eigenvalue weighted by Crippen LogP contribution is 2.16. The van der Waals surface area contributed by atoms with Gasteiger partial charge in [0.15, 0.2) is 0 Å². The Morgan fingerprint density at radius 3 is 2.76 bits per heavy atom. The number of hydrogen-bond donors (Lipinski definition) is 1. The summed E-state index contributed by atoms with van der Waals surface area (Å²) in [5.41, 5.74) is 2.83. The van der Waals surface area contributed by atoms with Crippen molar-refractivity contribution < 1.29 is 19.1 Å². The van der Waals surface area contributed by atoms with E-state index >= 15 is 0 Å². The van der Waals surface area contributed by atoms with E-state index in [1.54, 1.807) is 36.7 Å². The Morgan fingerprint density at radius 2 is 2.08 bits per heavy atom. The molecule has 134 valence electrons. The SMILES string of the molecule is CCOC(=O)c1cc(C)n(CC(=O)NCc2cccnc2OC)c1C. The van der Waals surface area contributed by atoms with Crippen LogP contribution >= 0.6 is 0 Å². The quantitative estimate of drug-likeness (QED) is 0.776. The molecule has 0 aliphatic carbocycles. The molecule has 0 radical (unpaired) electrons. The number of ether oxygens (including phenoxy) is 2. The molecule has 7 heteroatoms. The Labute approximate surface area is 147 Å². The number of carbonyl (C=O) groups excluding carboxylic acids is 2. The first-order chi connectivity index (χ1) is 12.0. The summed E-state index contributed by atoms with van der Waals surface area (Å²) >= 11 is 0. The number of amides is 1. The van der Waals surface area contributed by atoms with Gasteiger partial charge < -0.3 is 19.4 Å². The second kappa shape index (κ2) is 8.32. The van der Waals surface area contributed by atoms with Crippen LogP contribution in [0.25, 0.3) is 0 Å². The number of rotatable bonds is 7. The van der Waals surface area contributed by atoms with E-state index in [1.807, 2.05) is 13.0 Å². The Kier molecular flexibility index (Phi) is 6.16. The molecule has 0 fully saturated rings. The van der Waals surface area contributed by atoms with Crippen molar-refractivity contribution >= 4 is 11.9 Å². The summed E-state index contributed by atoms with van der Waals surface area (Å²) in [7, 11) is 1.54. The van der Waals surface area contributed by atoms with Crippen LogP contribution in [0.1, 0.15) is 34.2 Å². The maximum Gasteiger partial charge on any atom is 0.339 e. The summed E-state index contributed by atoms with van der Waals surface area (Å²) < 4.78 is 12.0. The number of carbonyl (C=O) groups is 2. The topological polar surface area (TPSA) is 82.5 Å². The number of aryl methyl sites for hydroxylation is 1. The lowest BCUT2D eigenvalue weighted by atomic mass is 10.2. The average Bonchev–Trinajstić information content (AvgIpc) is 2.88. The van der Waals surface area contributed by atoms with Crippen LogP contribution in [0.5, 0.6) is 5.88 Å². The van der Waals surface area contributed by atoms with Gasteiger partial charge in [-0.3, -0.25) is 4.79 Å². The molecule has 2 aromatic heterocycles. The third kappa shape index (κ3) is 4.37. The van der Waals surface area contributed by atoms with Gasteiger partial charge in [0.2, 0.25) is 11.8 Å². The molecule has 0 saturated heterocycles. The van der Waals surface area contributed by atoms with E-state index in [2.05, 4.69) is 10.3 Å². The third-order valence-electron chi connectivity index (χ3n) is 3.89. The second-order valence-corrected chi connectivity index (χ2v) is 5.54. The zero-order valence-electron chi connectivity index (χ0n) is 15.0. The molecule has 0 aliphatic heterocycles. The lowest BCUT2D eigenvalue weighted by molar-refractivity contribution is -0.121. The minimum Gasteiger partial charge on any atom is -0.481 e. The van der Waals surface area contributed by atoms with Crippen molar-refractivity contribution in [3.8, 4) is 5.88 Å². The molecule has 0 spiro atoms. The van der Waals surface area contributed by atoms with Crippen LogP contribution in [-0.4, -0.2) is 35.1 Å². The molecule has 0 aromatic carbocycles. The lowest BCUT2D eigenvalue weighted by Crippen LogP contribution is -2.28. The molecular weight excluding hydrogens is 322 g/mol. The van der Waals surface area contributed by atoms with E-state index in [4.69, 9.17) is 9.47 Å². The first-order valence-corrected chi connectivity index (χ1v) is 8.06. The zero-order valence-corrected chi connectivity index (χ0v) is 15.0. The molecular formula is C18H23N3O4. The lowest BCUT2D eigenvalue weighted by Gasteiger charge is -2.11. The molecule has 25 heavy (non-hydrogen) atoms. The molecule has 0 unspecified atom stereocenters. The summed E-state index contributed by atoms with van der Waals surface area (Å²) in [5.74, 6) is -0.0498. The van der Waals surface area contributed by atoms with Crippen molar-refractivity contribution in [1.82, 2.24) is 14.9 Å². The Bertz CT molecular complexity index is 768. The van der Waals surface area contributed by atoms with Gasteiger partial charge in [-0.2, -0.15) is 0 Å². The smallest absolute Gasteiger partial charge is 0.339 e. The molecule has 0 bridgehead atoms. The number of nitrogens with one attached hydrogen (secondary N) is 1. The van der Waals surface area contributed by atoms with Crippen molar-refractivity contribution in [3.63, 3.8) is 0 Å². The number of aromatic nitrogens is 2. The zero-order chi connectivity index (χ0) is 18.4. The molecule has 2 heterocycles. The predicted molar refractivity (Wildman–Crippen MR) is 92.5 cm³/mol. The van der Waals surface area contributed by atoms with Crippen LogP contribution < -0.4 is 10.1 Å². The summed E-state index contributed by atoms with van der Waals surface area (Å²) in [4.78, 5) is 28.3. The fourth-order valence-electron chi connectivity index (χ4n) is 2.60. The fraction of sp³-hybridized carbons (Fsp3) is 0.389. The number of methoxy groups -OCH3 is 1. The highest BCUT2D eigenvalue weighted by molar-refractivity contribution is 5.91. The van der Waals surface area contributed by atoms with E-state index in [9.17, 15) is 9.59 Å². The van der Waals surface area contributed by atoms with Gasteiger partial charge in [-0.15, -0.1) is 0 Å². The van der Waals surface area contributed by atoms with Crippen molar-refractivity contribution in [2.75, 3.05) is 13.7 Å². The standard InChI is InChI=1S/C18H23N3O4/c1-5-25-18(23)15-9-12(2)21(13(15)3)11-16(22)20-10-14-7-6-8-19-17(14)24-4/h6-9H,5,10-11H2,1-4H3,(H,20,22). The van der Waals surface area contributed by atoms with Crippen LogP contribution in [0.2, 0.25) is 0 Å². The summed E-state index contributed by atoms with van der Waals surface area (Å²) in [6, 6.07) is 5.37. The average molecular weight is 345 g/mol. The van der Waals surface area contributed by atoms with Crippen LogP contribution in [0.4, 0.5) is 0 Å². The van der Waals surface area contributed by atoms with Gasteiger partial charge in [0.25, 0.3) is 0 Å². The molecule has 1 amide bonds. The number of hydrogen-bond acceptors (Lipinski definition) is 5. The van der Waals surface area contributed by atoms with Gasteiger partial charge in [-0.25, -0.2) is 9.78 Å². The minimum atomic E-state index is -0.373. The fourth-order valence-corrected chi connectivity index (χ4v) is 2.60. The number of nitrogens with zero attached hydrogens (tertiary/aromatic N) is 2. The van der Waals surface area contributed by atoms with Crippen molar-refractivity contribution in [1.29, 1.82) is 0 Å². The van der Waals surface area contributed by atoms with Crippen molar-refractivity contribution in [3.05, 3.63) is 46.9 Å². The Hall–Kier alpha value is -2.83.